The van der Waals surface area contributed by atoms with E-state index in [-0.39, 0.29) is 11.7 Å². The first kappa shape index (κ1) is 11.8. The fraction of sp³-hybridized carbons (Fsp3) is 0.133. The quantitative estimate of drug-likeness (QED) is 0.737. The van der Waals surface area contributed by atoms with E-state index in [0.717, 1.165) is 16.7 Å². The van der Waals surface area contributed by atoms with Gasteiger partial charge in [-0.2, -0.15) is 0 Å². The van der Waals surface area contributed by atoms with Crippen molar-refractivity contribution in [1.29, 1.82) is 0 Å². The van der Waals surface area contributed by atoms with Crippen LogP contribution in [0.2, 0.25) is 10.0 Å². The van der Waals surface area contributed by atoms with E-state index < -0.39 is 0 Å². The van der Waals surface area contributed by atoms with Gasteiger partial charge in [0, 0.05) is 17.9 Å². The molecule has 1 aliphatic carbocycles. The highest BCUT2D eigenvalue weighted by Crippen LogP contribution is 2.39. The number of rotatable bonds is 1. The van der Waals surface area contributed by atoms with Gasteiger partial charge < -0.3 is 0 Å². The number of carbonyl (C=O) groups is 1. The third kappa shape index (κ3) is 1.84. The second-order valence-corrected chi connectivity index (χ2v) is 5.26. The van der Waals surface area contributed by atoms with E-state index in [1.165, 1.54) is 0 Å². The minimum atomic E-state index is 0.100. The molecule has 0 aromatic heterocycles. The van der Waals surface area contributed by atoms with Crippen LogP contribution in [0.25, 0.3) is 0 Å². The average Bonchev–Trinajstić information content (AvgIpc) is 2.71. The zero-order valence-electron chi connectivity index (χ0n) is 9.49. The Morgan fingerprint density at radius 1 is 1.00 bits per heavy atom. The van der Waals surface area contributed by atoms with Gasteiger partial charge in [-0.25, -0.2) is 0 Å². The lowest BCUT2D eigenvalue weighted by Crippen LogP contribution is -1.96. The summed E-state index contributed by atoms with van der Waals surface area (Å²) in [5, 5.41) is 1.07. The second kappa shape index (κ2) is 4.42. The zero-order valence-corrected chi connectivity index (χ0v) is 11.0. The van der Waals surface area contributed by atoms with E-state index in [2.05, 4.69) is 0 Å². The summed E-state index contributed by atoms with van der Waals surface area (Å²) in [6.45, 7) is 0. The van der Waals surface area contributed by atoms with E-state index >= 15 is 0 Å². The fourth-order valence-corrected chi connectivity index (χ4v) is 2.79. The number of benzene rings is 2. The molecule has 0 bridgehead atoms. The molecule has 0 heterocycles. The summed E-state index contributed by atoms with van der Waals surface area (Å²) < 4.78 is 0. The molecule has 0 fully saturated rings. The first-order chi connectivity index (χ1) is 8.66. The van der Waals surface area contributed by atoms with Crippen molar-refractivity contribution < 1.29 is 4.79 Å². The Bertz CT molecular complexity index is 634. The third-order valence-corrected chi connectivity index (χ3v) is 4.11. The van der Waals surface area contributed by atoms with Crippen LogP contribution in [0.5, 0.6) is 0 Å². The van der Waals surface area contributed by atoms with Crippen LogP contribution in [-0.4, -0.2) is 5.78 Å². The van der Waals surface area contributed by atoms with E-state index in [1.807, 2.05) is 36.4 Å². The summed E-state index contributed by atoms with van der Waals surface area (Å²) in [4.78, 5) is 11.9. The number of fused-ring (bicyclic) bond motifs is 1. The van der Waals surface area contributed by atoms with Crippen molar-refractivity contribution in [1.82, 2.24) is 0 Å². The smallest absolute Gasteiger partial charge is 0.164 e. The molecular formula is C15H10Cl2O. The number of halogens is 2. The zero-order chi connectivity index (χ0) is 12.7. The van der Waals surface area contributed by atoms with E-state index in [4.69, 9.17) is 23.2 Å². The van der Waals surface area contributed by atoms with Crippen LogP contribution < -0.4 is 0 Å². The molecule has 2 aromatic carbocycles. The van der Waals surface area contributed by atoms with Crippen LogP contribution in [0.1, 0.15) is 33.8 Å². The van der Waals surface area contributed by atoms with Crippen molar-refractivity contribution in [2.24, 2.45) is 0 Å². The number of carbonyl (C=O) groups excluding carboxylic acids is 1. The van der Waals surface area contributed by atoms with Gasteiger partial charge in [-0.15, -0.1) is 0 Å². The maximum Gasteiger partial charge on any atom is 0.164 e. The summed E-state index contributed by atoms with van der Waals surface area (Å²) >= 11 is 12.0. The molecule has 0 radical (unpaired) electrons. The maximum atomic E-state index is 11.9. The monoisotopic (exact) mass is 276 g/mol. The Balaban J connectivity index is 2.09. The predicted molar refractivity (Wildman–Crippen MR) is 73.7 cm³/mol. The molecule has 0 aliphatic heterocycles. The number of hydrogen-bond acceptors (Lipinski definition) is 1. The average molecular weight is 277 g/mol. The Labute approximate surface area is 115 Å². The van der Waals surface area contributed by atoms with Crippen molar-refractivity contribution >= 4 is 29.0 Å². The van der Waals surface area contributed by atoms with E-state index in [9.17, 15) is 4.79 Å². The number of Topliss-reactive ketones (excluding diaryl/α,β-unsaturated/α-hetero) is 1. The fourth-order valence-electron chi connectivity index (χ4n) is 2.49. The van der Waals surface area contributed by atoms with Crippen molar-refractivity contribution in [2.45, 2.75) is 12.3 Å². The van der Waals surface area contributed by atoms with Crippen LogP contribution >= 0.6 is 23.2 Å². The molecule has 2 aromatic rings. The molecule has 1 nitrogen and oxygen atoms in total. The van der Waals surface area contributed by atoms with E-state index in [1.54, 1.807) is 6.07 Å². The standard InChI is InChI=1S/C15H10Cl2O/c16-13-6-5-9(7-14(13)17)12-8-15(18)11-4-2-1-3-10(11)12/h1-7,12H,8H2. The molecule has 0 N–H and O–H groups in total. The lowest BCUT2D eigenvalue weighted by Gasteiger charge is -2.11. The molecule has 0 amide bonds. The molecule has 0 saturated carbocycles. The molecule has 90 valence electrons. The van der Waals surface area contributed by atoms with Gasteiger partial charge in [-0.05, 0) is 23.3 Å². The highest BCUT2D eigenvalue weighted by molar-refractivity contribution is 6.42. The largest absolute Gasteiger partial charge is 0.294 e. The minimum absolute atomic E-state index is 0.100. The number of ketones is 1. The Morgan fingerprint density at radius 2 is 1.78 bits per heavy atom. The van der Waals surface area contributed by atoms with Crippen molar-refractivity contribution in [3.8, 4) is 0 Å². The Morgan fingerprint density at radius 3 is 2.56 bits per heavy atom. The van der Waals surface area contributed by atoms with Gasteiger partial charge in [0.15, 0.2) is 5.78 Å². The summed E-state index contributed by atoms with van der Waals surface area (Å²) in [6.07, 6.45) is 0.511. The van der Waals surface area contributed by atoms with Crippen molar-refractivity contribution in [2.75, 3.05) is 0 Å². The van der Waals surface area contributed by atoms with Gasteiger partial charge in [0.05, 0.1) is 10.0 Å². The number of hydrogen-bond donors (Lipinski definition) is 0. The summed E-state index contributed by atoms with van der Waals surface area (Å²) in [6, 6.07) is 13.3. The maximum absolute atomic E-state index is 11.9. The van der Waals surface area contributed by atoms with Crippen molar-refractivity contribution in [3.05, 3.63) is 69.2 Å². The molecule has 18 heavy (non-hydrogen) atoms. The van der Waals surface area contributed by atoms with Crippen LogP contribution in [0.15, 0.2) is 42.5 Å². The first-order valence-corrected chi connectivity index (χ1v) is 6.49. The SMILES string of the molecule is O=C1CC(c2ccc(Cl)c(Cl)c2)c2ccccc21. The highest BCUT2D eigenvalue weighted by atomic mass is 35.5. The van der Waals surface area contributed by atoms with Crippen LogP contribution in [0, 0.1) is 0 Å². The third-order valence-electron chi connectivity index (χ3n) is 3.37. The highest BCUT2D eigenvalue weighted by Gasteiger charge is 2.30. The summed E-state index contributed by atoms with van der Waals surface area (Å²) in [7, 11) is 0. The first-order valence-electron chi connectivity index (χ1n) is 5.74. The molecule has 0 saturated heterocycles. The van der Waals surface area contributed by atoms with Gasteiger partial charge in [-0.1, -0.05) is 53.5 Å². The summed E-state index contributed by atoms with van der Waals surface area (Å²) in [5.74, 6) is 0.296. The van der Waals surface area contributed by atoms with Crippen LogP contribution in [0.4, 0.5) is 0 Å². The second-order valence-electron chi connectivity index (χ2n) is 4.44. The Hall–Kier alpha value is -1.31. The molecule has 0 spiro atoms. The molecule has 3 heteroatoms. The van der Waals surface area contributed by atoms with E-state index in [0.29, 0.717) is 16.5 Å². The molecule has 1 atom stereocenters. The van der Waals surface area contributed by atoms with Gasteiger partial charge in [0.1, 0.15) is 0 Å². The lowest BCUT2D eigenvalue weighted by atomic mass is 9.93. The molecule has 1 aliphatic rings. The Kier molecular flexibility index (Phi) is 2.89. The molecule has 1 unspecified atom stereocenters. The topological polar surface area (TPSA) is 17.1 Å². The lowest BCUT2D eigenvalue weighted by molar-refractivity contribution is 0.0991. The normalized spacial score (nSPS) is 17.9. The van der Waals surface area contributed by atoms with Crippen LogP contribution in [-0.2, 0) is 0 Å². The van der Waals surface area contributed by atoms with Gasteiger partial charge in [0.25, 0.3) is 0 Å². The molecule has 3 rings (SSSR count). The van der Waals surface area contributed by atoms with Gasteiger partial charge >= 0.3 is 0 Å². The molecular weight excluding hydrogens is 267 g/mol. The predicted octanol–water partition coefficient (Wildman–Crippen LogP) is 4.71. The van der Waals surface area contributed by atoms with Gasteiger partial charge in [-0.3, -0.25) is 4.79 Å². The summed E-state index contributed by atoms with van der Waals surface area (Å²) in [5.41, 5.74) is 2.96. The van der Waals surface area contributed by atoms with Gasteiger partial charge in [0.2, 0.25) is 0 Å². The minimum Gasteiger partial charge on any atom is -0.294 e. The van der Waals surface area contributed by atoms with Crippen LogP contribution in [0.3, 0.4) is 0 Å². The van der Waals surface area contributed by atoms with Crippen molar-refractivity contribution in [3.63, 3.8) is 0 Å².